The van der Waals surface area contributed by atoms with Crippen LogP contribution in [0.25, 0.3) is 10.9 Å². The van der Waals surface area contributed by atoms with Crippen LogP contribution in [-0.4, -0.2) is 20.8 Å². The number of hydrogen-bond donors (Lipinski definition) is 0. The average molecular weight is 661 g/mol. The Morgan fingerprint density at radius 1 is 1.19 bits per heavy atom. The molecule has 0 amide bonds. The highest BCUT2D eigenvalue weighted by atomic mass is 127. The van der Waals surface area contributed by atoms with Gasteiger partial charge in [-0.15, -0.1) is 0 Å². The van der Waals surface area contributed by atoms with Gasteiger partial charge in [0.05, 0.1) is 25.6 Å². The fourth-order valence-electron chi connectivity index (χ4n) is 3.49. The van der Waals surface area contributed by atoms with Crippen molar-refractivity contribution in [3.8, 4) is 5.75 Å². The highest BCUT2D eigenvalue weighted by Crippen LogP contribution is 2.24. The van der Waals surface area contributed by atoms with E-state index in [4.69, 9.17) is 9.72 Å². The van der Waals surface area contributed by atoms with Gasteiger partial charge in [0.2, 0.25) is 0 Å². The van der Waals surface area contributed by atoms with Crippen LogP contribution in [0.3, 0.4) is 0 Å². The van der Waals surface area contributed by atoms with Crippen molar-refractivity contribution >= 4 is 61.3 Å². The molecule has 0 spiro atoms. The van der Waals surface area contributed by atoms with Crippen LogP contribution in [-0.2, 0) is 6.61 Å². The Labute approximate surface area is 229 Å². The predicted molar refractivity (Wildman–Crippen MR) is 152 cm³/mol. The largest absolute Gasteiger partial charge is 0.488 e. The molecule has 0 unspecified atom stereocenters. The van der Waals surface area contributed by atoms with E-state index < -0.39 is 4.92 Å². The maximum Gasteiger partial charge on any atom is 0.282 e. The zero-order valence-corrected chi connectivity index (χ0v) is 23.3. The first-order chi connectivity index (χ1) is 17.3. The molecular formula is C26H22BrIN4O4. The third kappa shape index (κ3) is 5.81. The third-order valence-electron chi connectivity index (χ3n) is 5.71. The molecule has 1 heterocycles. The summed E-state index contributed by atoms with van der Waals surface area (Å²) in [6.45, 7) is 4.36. The van der Waals surface area contributed by atoms with Crippen molar-refractivity contribution in [1.82, 2.24) is 9.66 Å². The van der Waals surface area contributed by atoms with Crippen LogP contribution in [0.2, 0.25) is 0 Å². The van der Waals surface area contributed by atoms with Crippen molar-refractivity contribution in [2.45, 2.75) is 32.8 Å². The lowest BCUT2D eigenvalue weighted by molar-refractivity contribution is -0.384. The molecule has 1 aromatic heterocycles. The quantitative estimate of drug-likeness (QED) is 0.0912. The van der Waals surface area contributed by atoms with Gasteiger partial charge in [-0.2, -0.15) is 9.78 Å². The molecule has 0 N–H and O–H groups in total. The number of hydrogen-bond acceptors (Lipinski definition) is 6. The fourth-order valence-corrected chi connectivity index (χ4v) is 4.55. The van der Waals surface area contributed by atoms with E-state index in [2.05, 4.69) is 50.5 Å². The van der Waals surface area contributed by atoms with Gasteiger partial charge in [0.15, 0.2) is 0 Å². The Balaban J connectivity index is 1.58. The lowest BCUT2D eigenvalue weighted by atomic mass is 10.1. The molecule has 0 saturated heterocycles. The summed E-state index contributed by atoms with van der Waals surface area (Å²) in [7, 11) is 0. The molecule has 1 atom stereocenters. The van der Waals surface area contributed by atoms with Crippen LogP contribution in [0.5, 0.6) is 5.75 Å². The Morgan fingerprint density at radius 2 is 1.94 bits per heavy atom. The van der Waals surface area contributed by atoms with E-state index in [9.17, 15) is 14.9 Å². The summed E-state index contributed by atoms with van der Waals surface area (Å²) in [4.78, 5) is 28.4. The minimum atomic E-state index is -0.430. The molecule has 184 valence electrons. The second kappa shape index (κ2) is 11.3. The molecule has 0 fully saturated rings. The Bertz CT molecular complexity index is 1520. The smallest absolute Gasteiger partial charge is 0.282 e. The number of non-ortho nitro benzene ring substituents is 1. The molecule has 0 radical (unpaired) electrons. The van der Waals surface area contributed by atoms with Gasteiger partial charge in [0.1, 0.15) is 18.2 Å². The summed E-state index contributed by atoms with van der Waals surface area (Å²) in [6, 6.07) is 17.3. The first-order valence-corrected chi connectivity index (χ1v) is 13.1. The maximum absolute atomic E-state index is 13.3. The second-order valence-corrected chi connectivity index (χ2v) is 10.3. The summed E-state index contributed by atoms with van der Waals surface area (Å²) in [5.41, 5.74) is 2.11. The summed E-state index contributed by atoms with van der Waals surface area (Å²) in [6.07, 6.45) is 2.46. The molecule has 0 aliphatic rings. The molecule has 36 heavy (non-hydrogen) atoms. The lowest BCUT2D eigenvalue weighted by Gasteiger charge is -2.14. The first-order valence-electron chi connectivity index (χ1n) is 11.2. The van der Waals surface area contributed by atoms with Crippen LogP contribution in [0, 0.1) is 13.7 Å². The van der Waals surface area contributed by atoms with E-state index in [1.165, 1.54) is 16.8 Å². The third-order valence-corrected chi connectivity index (χ3v) is 7.04. The van der Waals surface area contributed by atoms with E-state index in [1.807, 2.05) is 37.3 Å². The molecule has 10 heteroatoms. The van der Waals surface area contributed by atoms with Crippen LogP contribution >= 0.6 is 38.5 Å². The van der Waals surface area contributed by atoms with Gasteiger partial charge in [0, 0.05) is 22.5 Å². The standard InChI is InChI=1S/C26H22BrIN4O4/c1-3-16(2)25-30-23-10-7-19(27)13-21(23)26(33)31(25)29-14-18-6-11-24(22(28)12-18)36-15-17-4-8-20(9-5-17)32(34)35/h4-14,16H,3,15H2,1-2H3/t16-/m1/s1. The van der Waals surface area contributed by atoms with E-state index in [-0.39, 0.29) is 23.8 Å². The zero-order chi connectivity index (χ0) is 25.8. The predicted octanol–water partition coefficient (Wildman–Crippen LogP) is 6.65. The van der Waals surface area contributed by atoms with Crippen molar-refractivity contribution in [2.75, 3.05) is 0 Å². The van der Waals surface area contributed by atoms with Crippen molar-refractivity contribution in [2.24, 2.45) is 5.10 Å². The Kier molecular flexibility index (Phi) is 8.14. The van der Waals surface area contributed by atoms with Crippen molar-refractivity contribution in [3.05, 3.63) is 106 Å². The van der Waals surface area contributed by atoms with Crippen LogP contribution in [0.4, 0.5) is 5.69 Å². The Morgan fingerprint density at radius 3 is 2.61 bits per heavy atom. The minimum Gasteiger partial charge on any atom is -0.488 e. The molecule has 0 bridgehead atoms. The summed E-state index contributed by atoms with van der Waals surface area (Å²) >= 11 is 5.61. The van der Waals surface area contributed by atoms with E-state index >= 15 is 0 Å². The molecule has 0 saturated carbocycles. The molecule has 4 aromatic rings. The summed E-state index contributed by atoms with van der Waals surface area (Å²) < 4.78 is 8.95. The van der Waals surface area contributed by atoms with Crippen LogP contribution < -0.4 is 10.3 Å². The number of rotatable bonds is 8. The molecule has 0 aliphatic heterocycles. The maximum atomic E-state index is 13.3. The average Bonchev–Trinajstić information content (AvgIpc) is 2.87. The van der Waals surface area contributed by atoms with E-state index in [0.717, 1.165) is 25.6 Å². The number of ether oxygens (including phenoxy) is 1. The van der Waals surface area contributed by atoms with E-state index in [0.29, 0.717) is 22.5 Å². The topological polar surface area (TPSA) is 99.6 Å². The zero-order valence-electron chi connectivity index (χ0n) is 19.5. The monoisotopic (exact) mass is 660 g/mol. The molecule has 8 nitrogen and oxygen atoms in total. The highest BCUT2D eigenvalue weighted by molar-refractivity contribution is 14.1. The summed E-state index contributed by atoms with van der Waals surface area (Å²) in [5.74, 6) is 1.35. The van der Waals surface area contributed by atoms with Gasteiger partial charge in [-0.25, -0.2) is 4.98 Å². The number of aromatic nitrogens is 2. The van der Waals surface area contributed by atoms with Crippen molar-refractivity contribution in [3.63, 3.8) is 0 Å². The Hall–Kier alpha value is -3.12. The van der Waals surface area contributed by atoms with Gasteiger partial charge >= 0.3 is 0 Å². The van der Waals surface area contributed by atoms with E-state index in [1.54, 1.807) is 24.4 Å². The van der Waals surface area contributed by atoms with Crippen LogP contribution in [0.15, 0.2) is 75.0 Å². The number of fused-ring (bicyclic) bond motifs is 1. The number of nitrogens with zero attached hydrogens (tertiary/aromatic N) is 4. The van der Waals surface area contributed by atoms with Gasteiger partial charge in [-0.1, -0.05) is 29.8 Å². The first kappa shape index (κ1) is 26.0. The van der Waals surface area contributed by atoms with Gasteiger partial charge in [-0.3, -0.25) is 14.9 Å². The molecule has 0 aliphatic carbocycles. The molecule has 3 aromatic carbocycles. The van der Waals surface area contributed by atoms with Gasteiger partial charge in [0.25, 0.3) is 11.2 Å². The number of nitro groups is 1. The second-order valence-electron chi connectivity index (χ2n) is 8.20. The minimum absolute atomic E-state index is 0.0433. The summed E-state index contributed by atoms with van der Waals surface area (Å²) in [5, 5.41) is 15.8. The lowest BCUT2D eigenvalue weighted by Crippen LogP contribution is -2.23. The normalized spacial score (nSPS) is 12.2. The highest BCUT2D eigenvalue weighted by Gasteiger charge is 2.15. The SMILES string of the molecule is CC[C@@H](C)c1nc2ccc(Br)cc2c(=O)n1N=Cc1ccc(OCc2ccc([N+](=O)[O-])cc2)c(I)c1. The van der Waals surface area contributed by atoms with Crippen molar-refractivity contribution < 1.29 is 9.66 Å². The van der Waals surface area contributed by atoms with Gasteiger partial charge < -0.3 is 4.74 Å². The molecular weight excluding hydrogens is 639 g/mol. The van der Waals surface area contributed by atoms with Crippen molar-refractivity contribution in [1.29, 1.82) is 0 Å². The number of benzene rings is 3. The number of nitro benzene ring substituents is 1. The molecule has 4 rings (SSSR count). The van der Waals surface area contributed by atoms with Gasteiger partial charge in [-0.05, 0) is 88.7 Å². The number of halogens is 2. The van der Waals surface area contributed by atoms with Crippen LogP contribution in [0.1, 0.15) is 43.1 Å². The fraction of sp³-hybridized carbons (Fsp3) is 0.192.